The first-order valence-electron chi connectivity index (χ1n) is 9.67. The summed E-state index contributed by atoms with van der Waals surface area (Å²) in [6.45, 7) is -0.767. The Morgan fingerprint density at radius 3 is 2.20 bits per heavy atom. The fourth-order valence-electron chi connectivity index (χ4n) is 2.83. The predicted octanol–water partition coefficient (Wildman–Crippen LogP) is 1.84. The number of amides is 2. The third kappa shape index (κ3) is 8.30. The summed E-state index contributed by atoms with van der Waals surface area (Å²) in [4.78, 5) is 51.9. The van der Waals surface area contributed by atoms with Crippen LogP contribution in [-0.4, -0.2) is 47.2 Å². The number of guanidine groups is 1. The lowest BCUT2D eigenvalue weighted by atomic mass is 10.0. The average Bonchev–Trinajstić information content (AvgIpc) is 2.75. The molecule has 0 bridgehead atoms. The van der Waals surface area contributed by atoms with Gasteiger partial charge in [0.2, 0.25) is 5.91 Å². The van der Waals surface area contributed by atoms with Gasteiger partial charge in [0.25, 0.3) is 5.91 Å². The van der Waals surface area contributed by atoms with Crippen molar-refractivity contribution in [3.63, 3.8) is 0 Å². The van der Waals surface area contributed by atoms with Gasteiger partial charge < -0.3 is 27.2 Å². The number of halogens is 4. The van der Waals surface area contributed by atoms with E-state index in [0.29, 0.717) is 17.2 Å². The Labute approximate surface area is 201 Å². The van der Waals surface area contributed by atoms with Crippen molar-refractivity contribution in [3.8, 4) is 0 Å². The van der Waals surface area contributed by atoms with Crippen LogP contribution in [0.2, 0.25) is 5.02 Å². The van der Waals surface area contributed by atoms with Gasteiger partial charge in [0.15, 0.2) is 11.7 Å². The number of hydrogen-bond acceptors (Lipinski definition) is 5. The number of hydrogen-bond donors (Lipinski definition) is 5. The first kappa shape index (κ1) is 27.1. The number of carboxylic acids is 1. The zero-order valence-electron chi connectivity index (χ0n) is 17.7. The van der Waals surface area contributed by atoms with Gasteiger partial charge in [-0.15, -0.1) is 0 Å². The molecule has 2 amide bonds. The summed E-state index contributed by atoms with van der Waals surface area (Å²) in [6, 6.07) is 6.16. The normalized spacial score (nSPS) is 11.8. The molecule has 0 aliphatic rings. The SMILES string of the molecule is NC(N)=Nc1cc(C(=O)NCC(=O)NC(CC(=O)O)C(=O)c2ccc(Cl)cc2)cc(C(F)(F)F)c1. The first-order chi connectivity index (χ1) is 16.3. The van der Waals surface area contributed by atoms with E-state index in [9.17, 15) is 32.3 Å². The van der Waals surface area contributed by atoms with Crippen LogP contribution in [0.1, 0.15) is 32.7 Å². The maximum atomic E-state index is 13.2. The standard InChI is InChI=1S/C21H19ClF3N5O5/c22-13-3-1-10(2-4-13)18(34)15(8-17(32)33)30-16(31)9-28-19(35)11-5-12(21(23,24)25)7-14(6-11)29-20(26)27/h1-7,15H,8-9H2,(H,28,35)(H,30,31)(H,32,33)(H4,26,27,29). The predicted molar refractivity (Wildman–Crippen MR) is 119 cm³/mol. The molecule has 2 rings (SSSR count). The maximum Gasteiger partial charge on any atom is 0.416 e. The molecule has 0 saturated heterocycles. The van der Waals surface area contributed by atoms with Gasteiger partial charge in [0.1, 0.15) is 6.04 Å². The van der Waals surface area contributed by atoms with Crippen LogP contribution in [0.4, 0.5) is 18.9 Å². The van der Waals surface area contributed by atoms with Gasteiger partial charge >= 0.3 is 12.1 Å². The molecule has 35 heavy (non-hydrogen) atoms. The van der Waals surface area contributed by atoms with Crippen LogP contribution in [-0.2, 0) is 15.8 Å². The van der Waals surface area contributed by atoms with Crippen molar-refractivity contribution >= 4 is 46.8 Å². The molecule has 1 unspecified atom stereocenters. The molecule has 0 aliphatic carbocycles. The molecule has 0 aromatic heterocycles. The summed E-state index contributed by atoms with van der Waals surface area (Å²) < 4.78 is 39.5. The van der Waals surface area contributed by atoms with E-state index >= 15 is 0 Å². The maximum absolute atomic E-state index is 13.2. The number of carbonyl (C=O) groups excluding carboxylic acids is 3. The number of nitrogens with one attached hydrogen (secondary N) is 2. The van der Waals surface area contributed by atoms with Crippen LogP contribution in [0.5, 0.6) is 0 Å². The molecule has 186 valence electrons. The van der Waals surface area contributed by atoms with E-state index in [-0.39, 0.29) is 11.3 Å². The van der Waals surface area contributed by atoms with E-state index in [2.05, 4.69) is 15.6 Å². The molecule has 0 radical (unpaired) electrons. The van der Waals surface area contributed by atoms with Crippen LogP contribution in [0, 0.1) is 0 Å². The highest BCUT2D eigenvalue weighted by atomic mass is 35.5. The van der Waals surface area contributed by atoms with Gasteiger partial charge in [0.05, 0.1) is 24.2 Å². The monoisotopic (exact) mass is 513 g/mol. The summed E-state index contributed by atoms with van der Waals surface area (Å²) in [6.07, 6.45) is -5.57. The minimum Gasteiger partial charge on any atom is -0.481 e. The van der Waals surface area contributed by atoms with Crippen molar-refractivity contribution in [1.29, 1.82) is 0 Å². The van der Waals surface area contributed by atoms with Crippen LogP contribution in [0.25, 0.3) is 0 Å². The van der Waals surface area contributed by atoms with Crippen molar-refractivity contribution < 1.29 is 37.5 Å². The quantitative estimate of drug-likeness (QED) is 0.193. The lowest BCUT2D eigenvalue weighted by molar-refractivity contribution is -0.138. The molecule has 0 heterocycles. The second-order valence-electron chi connectivity index (χ2n) is 7.07. The first-order valence-corrected chi connectivity index (χ1v) is 10.0. The molecule has 0 fully saturated rings. The van der Waals surface area contributed by atoms with Gasteiger partial charge in [0, 0.05) is 16.1 Å². The second kappa shape index (κ2) is 11.3. The van der Waals surface area contributed by atoms with Crippen molar-refractivity contribution in [2.45, 2.75) is 18.6 Å². The summed E-state index contributed by atoms with van der Waals surface area (Å²) in [5.74, 6) is -4.66. The molecule has 0 aliphatic heterocycles. The Morgan fingerprint density at radius 2 is 1.66 bits per heavy atom. The Balaban J connectivity index is 2.14. The van der Waals surface area contributed by atoms with Crippen LogP contribution in [0.3, 0.4) is 0 Å². The molecule has 14 heteroatoms. The number of aliphatic carboxylic acids is 1. The van der Waals surface area contributed by atoms with Gasteiger partial charge in [-0.3, -0.25) is 19.2 Å². The number of alkyl halides is 3. The number of nitrogens with two attached hydrogens (primary N) is 2. The minimum atomic E-state index is -4.81. The number of rotatable bonds is 9. The van der Waals surface area contributed by atoms with Crippen molar-refractivity contribution in [1.82, 2.24) is 10.6 Å². The van der Waals surface area contributed by atoms with Crippen LogP contribution >= 0.6 is 11.6 Å². The van der Waals surface area contributed by atoms with Crippen molar-refractivity contribution in [3.05, 3.63) is 64.2 Å². The molecule has 0 saturated carbocycles. The summed E-state index contributed by atoms with van der Waals surface area (Å²) in [5.41, 5.74) is 8.40. The second-order valence-corrected chi connectivity index (χ2v) is 7.51. The highest BCUT2D eigenvalue weighted by molar-refractivity contribution is 6.30. The summed E-state index contributed by atoms with van der Waals surface area (Å²) >= 11 is 5.76. The molecule has 7 N–H and O–H groups in total. The molecular formula is C21H19ClF3N5O5. The number of carboxylic acid groups (broad SMARTS) is 1. The topological polar surface area (TPSA) is 177 Å². The molecule has 0 spiro atoms. The number of carbonyl (C=O) groups is 4. The minimum absolute atomic E-state index is 0.0845. The Hall–Kier alpha value is -4.13. The third-order valence-corrected chi connectivity index (χ3v) is 4.59. The Kier molecular flexibility index (Phi) is 8.78. The fraction of sp³-hybridized carbons (Fsp3) is 0.190. The summed E-state index contributed by atoms with van der Waals surface area (Å²) in [7, 11) is 0. The van der Waals surface area contributed by atoms with Crippen LogP contribution in [0.15, 0.2) is 47.5 Å². The highest BCUT2D eigenvalue weighted by Gasteiger charge is 2.32. The van der Waals surface area contributed by atoms with E-state index in [1.165, 1.54) is 24.3 Å². The smallest absolute Gasteiger partial charge is 0.416 e. The number of aliphatic imine (C=N–C) groups is 1. The van der Waals surface area contributed by atoms with E-state index in [1.54, 1.807) is 0 Å². The number of nitrogens with zero attached hydrogens (tertiary/aromatic N) is 1. The van der Waals surface area contributed by atoms with E-state index in [1.807, 2.05) is 0 Å². The fourth-order valence-corrected chi connectivity index (χ4v) is 2.95. The number of Topliss-reactive ketones (excluding diaryl/α,β-unsaturated/α-hetero) is 1. The molecule has 2 aromatic carbocycles. The molecular weight excluding hydrogens is 495 g/mol. The Bertz CT molecular complexity index is 1160. The highest BCUT2D eigenvalue weighted by Crippen LogP contribution is 2.32. The zero-order valence-corrected chi connectivity index (χ0v) is 18.5. The van der Waals surface area contributed by atoms with Crippen LogP contribution < -0.4 is 22.1 Å². The van der Waals surface area contributed by atoms with Gasteiger partial charge in [-0.2, -0.15) is 13.2 Å². The van der Waals surface area contributed by atoms with Gasteiger partial charge in [-0.05, 0) is 42.5 Å². The molecule has 10 nitrogen and oxygen atoms in total. The number of benzene rings is 2. The van der Waals surface area contributed by atoms with Gasteiger partial charge in [-0.25, -0.2) is 4.99 Å². The Morgan fingerprint density at radius 1 is 1.03 bits per heavy atom. The molecule has 2 aromatic rings. The van der Waals surface area contributed by atoms with E-state index in [0.717, 1.165) is 6.07 Å². The average molecular weight is 514 g/mol. The molecule has 1 atom stereocenters. The zero-order chi connectivity index (χ0) is 26.3. The van der Waals surface area contributed by atoms with Crippen molar-refractivity contribution in [2.75, 3.05) is 6.54 Å². The largest absolute Gasteiger partial charge is 0.481 e. The lowest BCUT2D eigenvalue weighted by Crippen LogP contribution is -2.46. The summed E-state index contributed by atoms with van der Waals surface area (Å²) in [5, 5.41) is 13.7. The lowest BCUT2D eigenvalue weighted by Gasteiger charge is -2.16. The van der Waals surface area contributed by atoms with E-state index in [4.69, 9.17) is 28.2 Å². The number of ketones is 1. The van der Waals surface area contributed by atoms with E-state index < -0.39 is 65.8 Å². The van der Waals surface area contributed by atoms with Gasteiger partial charge in [-0.1, -0.05) is 11.6 Å². The third-order valence-electron chi connectivity index (χ3n) is 4.33. The van der Waals surface area contributed by atoms with Crippen molar-refractivity contribution in [2.24, 2.45) is 16.5 Å².